The number of anilines is 1. The molecule has 3 rings (SSSR count). The third kappa shape index (κ3) is 15.6. The van der Waals surface area contributed by atoms with E-state index in [1.54, 1.807) is 45.0 Å². The number of nitrogens with one attached hydrogen (secondary N) is 3. The largest absolute Gasteiger partial charge is 0.504 e. The van der Waals surface area contributed by atoms with Crippen LogP contribution in [0.2, 0.25) is 0 Å². The number of aryl methyl sites for hydroxylation is 1. The summed E-state index contributed by atoms with van der Waals surface area (Å²) in [6.45, 7) is 8.02. The first-order valence-electron chi connectivity index (χ1n) is 19.1. The predicted molar refractivity (Wildman–Crippen MR) is 204 cm³/mol. The lowest BCUT2D eigenvalue weighted by atomic mass is 9.78. The lowest BCUT2D eigenvalue weighted by Crippen LogP contribution is -2.61. The fraction of sp³-hybridized carbons (Fsp3) is 0.600. The molecule has 2 aromatic carbocycles. The van der Waals surface area contributed by atoms with Crippen molar-refractivity contribution in [2.75, 3.05) is 18.5 Å². The maximum Gasteiger partial charge on any atom is 0.407 e. The van der Waals surface area contributed by atoms with Gasteiger partial charge in [-0.3, -0.25) is 14.4 Å². The van der Waals surface area contributed by atoms with Crippen molar-refractivity contribution < 1.29 is 58.9 Å². The molecule has 0 heterocycles. The summed E-state index contributed by atoms with van der Waals surface area (Å²) in [6, 6.07) is 9.60. The lowest BCUT2D eigenvalue weighted by Gasteiger charge is -2.41. The van der Waals surface area contributed by atoms with Crippen LogP contribution in [0, 0.1) is 0 Å². The summed E-state index contributed by atoms with van der Waals surface area (Å²) in [7, 11) is 0. The highest BCUT2D eigenvalue weighted by Crippen LogP contribution is 2.32. The van der Waals surface area contributed by atoms with Gasteiger partial charge in [-0.2, -0.15) is 0 Å². The van der Waals surface area contributed by atoms with Gasteiger partial charge in [0, 0.05) is 31.5 Å². The molecule has 1 aliphatic rings. The number of hydrogen-bond donors (Lipinski definition) is 8. The first kappa shape index (κ1) is 44.8. The summed E-state index contributed by atoms with van der Waals surface area (Å²) >= 11 is 0. The van der Waals surface area contributed by atoms with Crippen molar-refractivity contribution in [2.24, 2.45) is 0 Å². The van der Waals surface area contributed by atoms with Gasteiger partial charge in [-0.05, 0) is 88.4 Å². The zero-order valence-electron chi connectivity index (χ0n) is 32.3. The lowest BCUT2D eigenvalue weighted by molar-refractivity contribution is -0.190. The molecule has 2 aromatic rings. The van der Waals surface area contributed by atoms with Crippen molar-refractivity contribution in [1.82, 2.24) is 10.6 Å². The van der Waals surface area contributed by atoms with E-state index in [2.05, 4.69) is 22.9 Å². The zero-order chi connectivity index (χ0) is 40.6. The summed E-state index contributed by atoms with van der Waals surface area (Å²) in [5.41, 5.74) is -2.11. The van der Waals surface area contributed by atoms with Crippen LogP contribution in [0.15, 0.2) is 42.5 Å². The van der Waals surface area contributed by atoms with Gasteiger partial charge in [-0.25, -0.2) is 4.79 Å². The highest BCUT2D eigenvalue weighted by atomic mass is 16.6. The number of amides is 3. The van der Waals surface area contributed by atoms with Crippen LogP contribution >= 0.6 is 0 Å². The van der Waals surface area contributed by atoms with Gasteiger partial charge in [0.2, 0.25) is 5.91 Å². The van der Waals surface area contributed by atoms with Crippen molar-refractivity contribution in [1.29, 1.82) is 0 Å². The quantitative estimate of drug-likeness (QED) is 0.0533. The number of rotatable bonds is 20. The number of hydrogen-bond acceptors (Lipinski definition) is 12. The molecule has 3 amide bonds. The highest BCUT2D eigenvalue weighted by Gasteiger charge is 2.50. The molecule has 5 atom stereocenters. The number of carbonyl (C=O) groups excluding carboxylic acids is 4. The minimum Gasteiger partial charge on any atom is -0.504 e. The third-order valence-electron chi connectivity index (χ3n) is 9.07. The number of aliphatic hydroxyl groups is 3. The topological polar surface area (TPSA) is 233 Å². The number of aromatic hydroxyl groups is 2. The van der Waals surface area contributed by atoms with Gasteiger partial charge in [-0.1, -0.05) is 45.1 Å². The number of benzene rings is 2. The molecule has 1 unspecified atom stereocenters. The Bertz CT molecular complexity index is 1550. The van der Waals surface area contributed by atoms with E-state index in [1.165, 1.54) is 43.9 Å². The molecule has 15 heteroatoms. The smallest absolute Gasteiger partial charge is 0.407 e. The van der Waals surface area contributed by atoms with Crippen LogP contribution in [0.4, 0.5) is 10.5 Å². The van der Waals surface area contributed by atoms with Crippen molar-refractivity contribution in [3.8, 4) is 17.2 Å². The number of alkyl carbamates (subject to hydrolysis) is 1. The molecule has 8 N–H and O–H groups in total. The Morgan fingerprint density at radius 2 is 1.60 bits per heavy atom. The second kappa shape index (κ2) is 21.5. The molecule has 15 nitrogen and oxygen atoms in total. The average Bonchev–Trinajstić information content (AvgIpc) is 3.11. The Hall–Kier alpha value is -4.60. The Labute approximate surface area is 322 Å². The van der Waals surface area contributed by atoms with E-state index in [0.29, 0.717) is 23.6 Å². The van der Waals surface area contributed by atoms with Gasteiger partial charge in [0.25, 0.3) is 5.91 Å². The molecule has 0 radical (unpaired) electrons. The number of unbranched alkanes of at least 4 members (excludes halogenated alkanes) is 5. The molecule has 1 fully saturated rings. The maximum atomic E-state index is 13.7. The van der Waals surface area contributed by atoms with E-state index < -0.39 is 72.3 Å². The van der Waals surface area contributed by atoms with E-state index >= 15 is 0 Å². The fourth-order valence-electron chi connectivity index (χ4n) is 6.06. The van der Waals surface area contributed by atoms with Crippen LogP contribution in [-0.4, -0.2) is 98.1 Å². The Balaban J connectivity index is 1.64. The van der Waals surface area contributed by atoms with Crippen LogP contribution in [0.1, 0.15) is 104 Å². The normalized spacial score (nSPS) is 20.2. The molecule has 1 aliphatic carbocycles. The molecule has 55 heavy (non-hydrogen) atoms. The van der Waals surface area contributed by atoms with E-state index in [0.717, 1.165) is 12.8 Å². The number of carbonyl (C=O) groups is 4. The number of ether oxygens (including phenoxy) is 3. The van der Waals surface area contributed by atoms with Crippen LogP contribution in [-0.2, 0) is 30.3 Å². The summed E-state index contributed by atoms with van der Waals surface area (Å²) < 4.78 is 16.5. The standard InChI is InChI=1S/C40H59N3O12/c1-5-6-7-8-9-10-22-53-28-17-15-27(16-18-28)42-36(49)29(12-11-21-41-38(51)55-39(2,3)4)43-37(50)40(52)24-32(46)35(48)33(25-40)54-34(47)20-14-26-13-19-30(44)31(45)23-26/h13,15-19,23,29,32-33,35,44-46,48,52H,5-12,14,20-22,24-25H2,1-4H3,(H,41,51)(H,42,49)(H,43,50)/t29?,32-,33-,35-,40+/m1/s1. The molecular weight excluding hydrogens is 714 g/mol. The summed E-state index contributed by atoms with van der Waals surface area (Å²) in [5, 5.41) is 59.9. The Kier molecular flexibility index (Phi) is 17.5. The molecule has 0 saturated heterocycles. The van der Waals surface area contributed by atoms with Crippen LogP contribution in [0.25, 0.3) is 0 Å². The third-order valence-corrected chi connectivity index (χ3v) is 9.07. The maximum absolute atomic E-state index is 13.7. The molecule has 0 aliphatic heterocycles. The van der Waals surface area contributed by atoms with Gasteiger partial charge >= 0.3 is 12.1 Å². The fourth-order valence-corrected chi connectivity index (χ4v) is 6.06. The summed E-state index contributed by atoms with van der Waals surface area (Å²) in [5.74, 6) is -2.49. The van der Waals surface area contributed by atoms with Gasteiger partial charge in [0.15, 0.2) is 11.5 Å². The second-order valence-corrected chi connectivity index (χ2v) is 15.1. The van der Waals surface area contributed by atoms with Gasteiger partial charge in [0.1, 0.15) is 35.2 Å². The van der Waals surface area contributed by atoms with Crippen LogP contribution in [0.3, 0.4) is 0 Å². The monoisotopic (exact) mass is 773 g/mol. The highest BCUT2D eigenvalue weighted by molar-refractivity contribution is 5.98. The van der Waals surface area contributed by atoms with Crippen molar-refractivity contribution in [3.05, 3.63) is 48.0 Å². The first-order chi connectivity index (χ1) is 26.0. The van der Waals surface area contributed by atoms with Crippen LogP contribution < -0.4 is 20.7 Å². The van der Waals surface area contributed by atoms with Gasteiger partial charge in [-0.15, -0.1) is 0 Å². The number of esters is 1. The van der Waals surface area contributed by atoms with Gasteiger partial charge in [0.05, 0.1) is 12.7 Å². The van der Waals surface area contributed by atoms with Gasteiger partial charge < -0.3 is 55.7 Å². The van der Waals surface area contributed by atoms with E-state index in [4.69, 9.17) is 14.2 Å². The molecule has 0 spiro atoms. The first-order valence-corrected chi connectivity index (χ1v) is 19.1. The number of phenols is 2. The SMILES string of the molecule is CCCCCCCCOc1ccc(NC(=O)C(CCCNC(=O)OC(C)(C)C)NC(=O)[C@]2(O)C[C@@H](O)[C@@H](O)[C@H](OC(=O)CCc3ccc(O)c(O)c3)C2)cc1. The van der Waals surface area contributed by atoms with E-state index in [-0.39, 0.29) is 43.7 Å². The predicted octanol–water partition coefficient (Wildman–Crippen LogP) is 4.36. The van der Waals surface area contributed by atoms with E-state index in [9.17, 15) is 44.7 Å². The number of phenolic OH excluding ortho intramolecular Hbond substituents is 2. The molecular formula is C40H59N3O12. The molecule has 306 valence electrons. The van der Waals surface area contributed by atoms with E-state index in [1.807, 2.05) is 0 Å². The Morgan fingerprint density at radius 3 is 2.27 bits per heavy atom. The molecule has 0 bridgehead atoms. The zero-order valence-corrected chi connectivity index (χ0v) is 32.3. The summed E-state index contributed by atoms with van der Waals surface area (Å²) in [4.78, 5) is 52.1. The summed E-state index contributed by atoms with van der Waals surface area (Å²) in [6.07, 6.45) is 0.426. The molecule has 1 saturated carbocycles. The average molecular weight is 774 g/mol. The minimum atomic E-state index is -2.34. The minimum absolute atomic E-state index is 0.0271. The Morgan fingerprint density at radius 1 is 0.909 bits per heavy atom. The van der Waals surface area contributed by atoms with Crippen molar-refractivity contribution in [3.63, 3.8) is 0 Å². The molecule has 0 aromatic heterocycles. The van der Waals surface area contributed by atoms with Crippen LogP contribution in [0.5, 0.6) is 17.2 Å². The van der Waals surface area contributed by atoms with Crippen molar-refractivity contribution >= 4 is 29.6 Å². The second-order valence-electron chi connectivity index (χ2n) is 15.1. The number of aliphatic hydroxyl groups excluding tert-OH is 2. The van der Waals surface area contributed by atoms with Crippen molar-refractivity contribution in [2.45, 2.75) is 140 Å².